The fourth-order valence-electron chi connectivity index (χ4n) is 0.775. The Balaban J connectivity index is 3.92. The highest BCUT2D eigenvalue weighted by molar-refractivity contribution is 6.30. The molecule has 0 heterocycles. The molecular formula is C9H13Cl2NO2. The number of esters is 1. The van der Waals surface area contributed by atoms with Crippen molar-refractivity contribution in [3.05, 3.63) is 24.0 Å². The molecule has 5 heteroatoms. The smallest absolute Gasteiger partial charge is 0.324 e. The number of allylic oxidation sites excluding steroid dienone is 1. The van der Waals surface area contributed by atoms with E-state index in [1.807, 2.05) is 0 Å². The normalized spacial score (nSPS) is 11.6. The van der Waals surface area contributed by atoms with Gasteiger partial charge in [-0.2, -0.15) is 0 Å². The number of alkyl halides is 1. The molecule has 14 heavy (non-hydrogen) atoms. The number of ether oxygens (including phenoxy) is 1. The van der Waals surface area contributed by atoms with Crippen molar-refractivity contribution in [2.24, 2.45) is 0 Å². The third-order valence-corrected chi connectivity index (χ3v) is 1.71. The van der Waals surface area contributed by atoms with Gasteiger partial charge in [-0.05, 0) is 6.92 Å². The van der Waals surface area contributed by atoms with E-state index in [1.165, 1.54) is 0 Å². The molecule has 0 aliphatic rings. The Morgan fingerprint density at radius 1 is 1.57 bits per heavy atom. The summed E-state index contributed by atoms with van der Waals surface area (Å²) in [6.07, 6.45) is 0.256. The molecule has 0 aromatic carbocycles. The zero-order valence-electron chi connectivity index (χ0n) is 7.98. The Morgan fingerprint density at radius 3 is 2.57 bits per heavy atom. The Morgan fingerprint density at radius 2 is 2.14 bits per heavy atom. The first-order valence-corrected chi connectivity index (χ1v) is 4.88. The third-order valence-electron chi connectivity index (χ3n) is 1.28. The summed E-state index contributed by atoms with van der Waals surface area (Å²) in [5.74, 6) is -0.461. The zero-order valence-corrected chi connectivity index (χ0v) is 9.49. The lowest BCUT2D eigenvalue weighted by molar-refractivity contribution is -0.142. The molecule has 0 saturated carbocycles. The summed E-state index contributed by atoms with van der Waals surface area (Å²) in [4.78, 5) is 11.1. The van der Waals surface area contributed by atoms with E-state index < -0.39 is 11.3 Å². The second-order valence-corrected chi connectivity index (χ2v) is 3.54. The van der Waals surface area contributed by atoms with E-state index >= 15 is 0 Å². The highest BCUT2D eigenvalue weighted by atomic mass is 35.5. The van der Waals surface area contributed by atoms with Gasteiger partial charge >= 0.3 is 5.97 Å². The Hall–Kier alpha value is -0.670. The summed E-state index contributed by atoms with van der Waals surface area (Å²) < 4.78 is 4.71. The molecule has 0 fully saturated rings. The Bertz CT molecular complexity index is 241. The summed E-state index contributed by atoms with van der Waals surface area (Å²) in [5, 5.41) is 2.15. The van der Waals surface area contributed by atoms with E-state index in [0.717, 1.165) is 0 Å². The third kappa shape index (κ3) is 5.89. The van der Waals surface area contributed by atoms with Crippen molar-refractivity contribution in [2.75, 3.05) is 6.61 Å². The minimum absolute atomic E-state index is 0.239. The van der Waals surface area contributed by atoms with Crippen LogP contribution in [0.2, 0.25) is 0 Å². The Kier molecular flexibility index (Phi) is 6.41. The number of carbonyl (C=O) groups is 1. The zero-order chi connectivity index (χ0) is 11.1. The largest absolute Gasteiger partial charge is 0.465 e. The standard InChI is InChI=1S/C9H13Cl2NO2/c1-4-14-9(13)8(11)5-6(2)12-7(3)10/h8,12H,2-5H2,1H3. The molecule has 1 unspecified atom stereocenters. The molecule has 0 rings (SSSR count). The second-order valence-electron chi connectivity index (χ2n) is 2.56. The lowest BCUT2D eigenvalue weighted by atomic mass is 10.2. The maximum atomic E-state index is 11.1. The van der Waals surface area contributed by atoms with E-state index in [2.05, 4.69) is 18.5 Å². The fraction of sp³-hybridized carbons (Fsp3) is 0.444. The van der Waals surface area contributed by atoms with Crippen LogP contribution in [0.1, 0.15) is 13.3 Å². The average Bonchev–Trinajstić information content (AvgIpc) is 2.02. The molecule has 0 amide bonds. The van der Waals surface area contributed by atoms with Crippen LogP contribution in [-0.4, -0.2) is 18.0 Å². The van der Waals surface area contributed by atoms with Crippen LogP contribution in [0.5, 0.6) is 0 Å². The van der Waals surface area contributed by atoms with Crippen molar-refractivity contribution in [3.8, 4) is 0 Å². The molecule has 0 saturated heterocycles. The molecule has 1 atom stereocenters. The summed E-state index contributed by atoms with van der Waals surface area (Å²) >= 11 is 11.2. The molecule has 1 N–H and O–H groups in total. The topological polar surface area (TPSA) is 38.3 Å². The molecule has 0 aliphatic heterocycles. The van der Waals surface area contributed by atoms with Crippen LogP contribution < -0.4 is 5.32 Å². The first kappa shape index (κ1) is 13.3. The number of hydrogen-bond acceptors (Lipinski definition) is 3. The van der Waals surface area contributed by atoms with Crippen LogP contribution in [0.4, 0.5) is 0 Å². The van der Waals surface area contributed by atoms with Crippen molar-refractivity contribution in [1.82, 2.24) is 5.32 Å². The van der Waals surface area contributed by atoms with Gasteiger partial charge < -0.3 is 10.1 Å². The van der Waals surface area contributed by atoms with E-state index in [1.54, 1.807) is 6.92 Å². The Labute approximate surface area is 93.7 Å². The molecule has 80 valence electrons. The van der Waals surface area contributed by atoms with Crippen LogP contribution in [0.3, 0.4) is 0 Å². The molecule has 0 spiro atoms. The van der Waals surface area contributed by atoms with Crippen molar-refractivity contribution in [3.63, 3.8) is 0 Å². The predicted octanol–water partition coefficient (Wildman–Crippen LogP) is 2.36. The summed E-state index contributed by atoms with van der Waals surface area (Å²) in [5.41, 5.74) is 0.526. The SMILES string of the molecule is C=C(Cl)NC(=C)CC(Cl)C(=O)OCC. The molecule has 0 aromatic heterocycles. The van der Waals surface area contributed by atoms with E-state index in [-0.39, 0.29) is 11.6 Å². The van der Waals surface area contributed by atoms with Gasteiger partial charge in [0, 0.05) is 12.1 Å². The van der Waals surface area contributed by atoms with E-state index in [4.69, 9.17) is 27.9 Å². The highest BCUT2D eigenvalue weighted by Crippen LogP contribution is 2.11. The van der Waals surface area contributed by atoms with Crippen LogP contribution in [0.15, 0.2) is 24.0 Å². The van der Waals surface area contributed by atoms with Crippen molar-refractivity contribution >= 4 is 29.2 Å². The molecule has 0 aromatic rings. The van der Waals surface area contributed by atoms with Gasteiger partial charge in [-0.1, -0.05) is 24.8 Å². The highest BCUT2D eigenvalue weighted by Gasteiger charge is 2.17. The summed E-state index contributed by atoms with van der Waals surface area (Å²) in [6.45, 7) is 9.07. The molecule has 3 nitrogen and oxygen atoms in total. The van der Waals surface area contributed by atoms with Crippen LogP contribution in [-0.2, 0) is 9.53 Å². The van der Waals surface area contributed by atoms with Gasteiger partial charge in [-0.25, -0.2) is 0 Å². The van der Waals surface area contributed by atoms with E-state index in [0.29, 0.717) is 12.3 Å². The van der Waals surface area contributed by atoms with Gasteiger partial charge in [0.1, 0.15) is 5.38 Å². The molecular weight excluding hydrogens is 225 g/mol. The number of rotatable bonds is 6. The predicted molar refractivity (Wildman–Crippen MR) is 58.2 cm³/mol. The average molecular weight is 238 g/mol. The van der Waals surface area contributed by atoms with Gasteiger partial charge in [0.15, 0.2) is 0 Å². The van der Waals surface area contributed by atoms with E-state index in [9.17, 15) is 4.79 Å². The van der Waals surface area contributed by atoms with Gasteiger partial charge in [-0.3, -0.25) is 4.79 Å². The number of nitrogens with one attached hydrogen (secondary N) is 1. The molecule has 0 bridgehead atoms. The van der Waals surface area contributed by atoms with Crippen molar-refractivity contribution in [2.45, 2.75) is 18.7 Å². The molecule has 0 aliphatic carbocycles. The van der Waals surface area contributed by atoms with Gasteiger partial charge in [0.25, 0.3) is 0 Å². The number of halogens is 2. The summed E-state index contributed by atoms with van der Waals surface area (Å²) in [6, 6.07) is 0. The lowest BCUT2D eigenvalue weighted by Gasteiger charge is -2.11. The van der Waals surface area contributed by atoms with Gasteiger partial charge in [0.05, 0.1) is 11.8 Å². The van der Waals surface area contributed by atoms with Crippen LogP contribution in [0.25, 0.3) is 0 Å². The van der Waals surface area contributed by atoms with Gasteiger partial charge in [0.2, 0.25) is 0 Å². The fourth-order valence-corrected chi connectivity index (χ4v) is 1.16. The maximum Gasteiger partial charge on any atom is 0.324 e. The second kappa shape index (κ2) is 6.74. The first-order chi connectivity index (χ1) is 6.47. The molecule has 0 radical (unpaired) electrons. The minimum Gasteiger partial charge on any atom is -0.465 e. The quantitative estimate of drug-likeness (QED) is 0.438. The lowest BCUT2D eigenvalue weighted by Crippen LogP contribution is -2.21. The van der Waals surface area contributed by atoms with Crippen LogP contribution >= 0.6 is 23.2 Å². The summed E-state index contributed by atoms with van der Waals surface area (Å²) in [7, 11) is 0. The van der Waals surface area contributed by atoms with Gasteiger partial charge in [-0.15, -0.1) is 11.6 Å². The number of carbonyl (C=O) groups excluding carboxylic acids is 1. The number of hydrogen-bond donors (Lipinski definition) is 1. The first-order valence-electron chi connectivity index (χ1n) is 4.07. The monoisotopic (exact) mass is 237 g/mol. The maximum absolute atomic E-state index is 11.1. The van der Waals surface area contributed by atoms with Crippen molar-refractivity contribution < 1.29 is 9.53 Å². The van der Waals surface area contributed by atoms with Crippen LogP contribution in [0, 0.1) is 0 Å². The van der Waals surface area contributed by atoms with Crippen molar-refractivity contribution in [1.29, 1.82) is 0 Å². The minimum atomic E-state index is -0.744.